The lowest BCUT2D eigenvalue weighted by atomic mass is 9.96. The maximum absolute atomic E-state index is 12.1. The number of carbonyl (C=O) groups is 1. The van der Waals surface area contributed by atoms with Crippen LogP contribution in [0.3, 0.4) is 0 Å². The van der Waals surface area contributed by atoms with Crippen LogP contribution in [0.5, 0.6) is 0 Å². The number of hydrogen-bond donors (Lipinski definition) is 2. The van der Waals surface area contributed by atoms with Gasteiger partial charge in [-0.3, -0.25) is 9.78 Å². The van der Waals surface area contributed by atoms with Crippen molar-refractivity contribution in [2.45, 2.75) is 32.9 Å². The van der Waals surface area contributed by atoms with Crippen molar-refractivity contribution in [1.82, 2.24) is 14.9 Å². The molecule has 4 aromatic rings. The molecule has 1 fully saturated rings. The fourth-order valence-electron chi connectivity index (χ4n) is 5.30. The Balaban J connectivity index is 1.62. The normalized spacial score (nSPS) is 16.8. The topological polar surface area (TPSA) is 71.4 Å². The molecule has 1 aliphatic rings. The second-order valence-corrected chi connectivity index (χ2v) is 10.8. The predicted octanol–water partition coefficient (Wildman–Crippen LogP) is 6.32. The Bertz CT molecular complexity index is 1540. The van der Waals surface area contributed by atoms with E-state index >= 15 is 0 Å². The van der Waals surface area contributed by atoms with Gasteiger partial charge in [0.15, 0.2) is 5.11 Å². The number of anilines is 2. The third-order valence-corrected chi connectivity index (χ3v) is 8.00. The van der Waals surface area contributed by atoms with Gasteiger partial charge in [0.2, 0.25) is 5.91 Å². The van der Waals surface area contributed by atoms with Gasteiger partial charge in [0, 0.05) is 40.5 Å². The Morgan fingerprint density at radius 1 is 1.10 bits per heavy atom. The molecule has 39 heavy (non-hydrogen) atoms. The van der Waals surface area contributed by atoms with E-state index < -0.39 is 0 Å². The molecule has 0 spiro atoms. The molecular weight excluding hydrogens is 574 g/mol. The molecule has 1 amide bonds. The van der Waals surface area contributed by atoms with Gasteiger partial charge in [-0.1, -0.05) is 18.2 Å². The van der Waals surface area contributed by atoms with E-state index in [4.69, 9.17) is 17.0 Å². The van der Waals surface area contributed by atoms with E-state index in [1.165, 1.54) is 7.11 Å². The summed E-state index contributed by atoms with van der Waals surface area (Å²) in [5.41, 5.74) is 8.01. The first kappa shape index (κ1) is 27.1. The highest BCUT2D eigenvalue weighted by molar-refractivity contribution is 9.10. The van der Waals surface area contributed by atoms with Crippen LogP contribution in [-0.4, -0.2) is 34.3 Å². The fourth-order valence-corrected chi connectivity index (χ4v) is 6.10. The zero-order valence-corrected chi connectivity index (χ0v) is 24.6. The second kappa shape index (κ2) is 11.3. The Labute approximate surface area is 242 Å². The van der Waals surface area contributed by atoms with Crippen molar-refractivity contribution in [1.29, 1.82) is 0 Å². The molecule has 9 heteroatoms. The number of ether oxygens (including phenoxy) is 1. The summed E-state index contributed by atoms with van der Waals surface area (Å²) in [4.78, 5) is 19.0. The Hall–Kier alpha value is -3.53. The first-order chi connectivity index (χ1) is 18.8. The molecule has 2 N–H and O–H groups in total. The van der Waals surface area contributed by atoms with Crippen molar-refractivity contribution in [3.05, 3.63) is 106 Å². The Morgan fingerprint density at radius 3 is 2.56 bits per heavy atom. The number of amides is 1. The average Bonchev–Trinajstić information content (AvgIpc) is 3.41. The summed E-state index contributed by atoms with van der Waals surface area (Å²) in [5, 5.41) is 7.08. The molecule has 2 aromatic carbocycles. The second-order valence-electron chi connectivity index (χ2n) is 9.59. The van der Waals surface area contributed by atoms with Crippen molar-refractivity contribution in [2.75, 3.05) is 23.9 Å². The molecule has 0 aliphatic carbocycles. The molecule has 2 aromatic heterocycles. The molecule has 1 saturated heterocycles. The number of rotatable bonds is 7. The zero-order chi connectivity index (χ0) is 27.7. The van der Waals surface area contributed by atoms with E-state index in [9.17, 15) is 4.79 Å². The summed E-state index contributed by atoms with van der Waals surface area (Å²) in [6.45, 7) is 6.25. The fraction of sp³-hybridized carbons (Fsp3) is 0.233. The van der Waals surface area contributed by atoms with Crippen molar-refractivity contribution in [3.8, 4) is 5.69 Å². The third kappa shape index (κ3) is 5.22. The molecule has 7 nitrogen and oxygen atoms in total. The van der Waals surface area contributed by atoms with Crippen molar-refractivity contribution >= 4 is 50.5 Å². The third-order valence-electron chi connectivity index (χ3n) is 7.02. The van der Waals surface area contributed by atoms with Crippen LogP contribution in [0.4, 0.5) is 11.4 Å². The van der Waals surface area contributed by atoms with E-state index in [-0.39, 0.29) is 24.6 Å². The van der Waals surface area contributed by atoms with Gasteiger partial charge in [0.05, 0.1) is 23.5 Å². The van der Waals surface area contributed by atoms with E-state index in [2.05, 4.69) is 79.1 Å². The number of para-hydroxylation sites is 1. The minimum absolute atomic E-state index is 0.00228. The lowest BCUT2D eigenvalue weighted by Crippen LogP contribution is -2.29. The minimum Gasteiger partial charge on any atom is -0.375 e. The zero-order valence-electron chi connectivity index (χ0n) is 22.2. The molecular formula is C30H30BrN5O2S. The number of methoxy groups -OCH3 is 1. The SMILES string of the molecule is COCC(=O)Nc1ccc(N2C(=S)N[C@H](c3ccccn3)[C@H]2c2cc(C)n(-c3ccccc3Br)c2C)cc1C. The van der Waals surface area contributed by atoms with Crippen LogP contribution in [0.25, 0.3) is 5.69 Å². The van der Waals surface area contributed by atoms with Crippen molar-refractivity contribution in [2.24, 2.45) is 0 Å². The first-order valence-corrected chi connectivity index (χ1v) is 13.8. The van der Waals surface area contributed by atoms with Gasteiger partial charge in [0.1, 0.15) is 6.61 Å². The van der Waals surface area contributed by atoms with E-state index in [0.717, 1.165) is 49.7 Å². The molecule has 0 unspecified atom stereocenters. The van der Waals surface area contributed by atoms with Gasteiger partial charge in [-0.05, 0) is 109 Å². The van der Waals surface area contributed by atoms with Crippen LogP contribution in [0, 0.1) is 20.8 Å². The highest BCUT2D eigenvalue weighted by Crippen LogP contribution is 2.44. The van der Waals surface area contributed by atoms with Crippen LogP contribution in [-0.2, 0) is 9.53 Å². The number of halogens is 1. The number of thiocarbonyl (C=S) groups is 1. The van der Waals surface area contributed by atoms with Crippen LogP contribution in [0.2, 0.25) is 0 Å². The molecule has 1 aliphatic heterocycles. The number of nitrogens with one attached hydrogen (secondary N) is 2. The summed E-state index contributed by atoms with van der Waals surface area (Å²) >= 11 is 9.67. The summed E-state index contributed by atoms with van der Waals surface area (Å²) < 4.78 is 8.26. The highest BCUT2D eigenvalue weighted by Gasteiger charge is 2.42. The lowest BCUT2D eigenvalue weighted by Gasteiger charge is -2.29. The predicted molar refractivity (Wildman–Crippen MR) is 163 cm³/mol. The van der Waals surface area contributed by atoms with E-state index in [1.54, 1.807) is 0 Å². The average molecular weight is 605 g/mol. The number of benzene rings is 2. The van der Waals surface area contributed by atoms with Gasteiger partial charge >= 0.3 is 0 Å². The number of pyridine rings is 1. The molecule has 0 bridgehead atoms. The molecule has 0 radical (unpaired) electrons. The van der Waals surface area contributed by atoms with Crippen LogP contribution in [0.15, 0.2) is 77.4 Å². The van der Waals surface area contributed by atoms with Gasteiger partial charge in [-0.25, -0.2) is 0 Å². The van der Waals surface area contributed by atoms with Gasteiger partial charge < -0.3 is 24.8 Å². The summed E-state index contributed by atoms with van der Waals surface area (Å²) in [5.74, 6) is -0.195. The maximum Gasteiger partial charge on any atom is 0.250 e. The Kier molecular flexibility index (Phi) is 7.83. The van der Waals surface area contributed by atoms with Gasteiger partial charge in [0.25, 0.3) is 0 Å². The number of carbonyl (C=O) groups excluding carboxylic acids is 1. The minimum atomic E-state index is -0.195. The highest BCUT2D eigenvalue weighted by atomic mass is 79.9. The lowest BCUT2D eigenvalue weighted by molar-refractivity contribution is -0.119. The largest absolute Gasteiger partial charge is 0.375 e. The van der Waals surface area contributed by atoms with E-state index in [0.29, 0.717) is 5.11 Å². The standard InChI is InChI=1S/C30H30BrN5O2S/c1-18-15-21(12-13-24(18)33-27(37)17-38-4)36-29(28(34-30(36)39)25-10-7-8-14-32-25)22-16-19(2)35(20(22)3)26-11-6-5-9-23(26)31/h5-16,28-29H,17H2,1-4H3,(H,33,37)(H,34,39)/t28-,29-/m1/s1. The van der Waals surface area contributed by atoms with E-state index in [1.807, 2.05) is 55.6 Å². The number of aromatic nitrogens is 2. The smallest absolute Gasteiger partial charge is 0.250 e. The van der Waals surface area contributed by atoms with Crippen LogP contribution >= 0.6 is 28.1 Å². The summed E-state index contributed by atoms with van der Waals surface area (Å²) in [6, 6.07) is 22.1. The molecule has 200 valence electrons. The van der Waals surface area contributed by atoms with Crippen molar-refractivity contribution in [3.63, 3.8) is 0 Å². The first-order valence-electron chi connectivity index (χ1n) is 12.6. The summed E-state index contributed by atoms with van der Waals surface area (Å²) in [6.07, 6.45) is 1.81. The molecule has 3 heterocycles. The molecule has 5 rings (SSSR count). The van der Waals surface area contributed by atoms with Crippen molar-refractivity contribution < 1.29 is 9.53 Å². The monoisotopic (exact) mass is 603 g/mol. The van der Waals surface area contributed by atoms with Crippen LogP contribution in [0.1, 0.15) is 40.3 Å². The number of aryl methyl sites for hydroxylation is 2. The Morgan fingerprint density at radius 2 is 1.87 bits per heavy atom. The molecule has 2 atom stereocenters. The maximum atomic E-state index is 12.1. The number of nitrogens with zero attached hydrogens (tertiary/aromatic N) is 3. The number of hydrogen-bond acceptors (Lipinski definition) is 4. The van der Waals surface area contributed by atoms with Gasteiger partial charge in [-0.2, -0.15) is 0 Å². The molecule has 0 saturated carbocycles. The van der Waals surface area contributed by atoms with Gasteiger partial charge in [-0.15, -0.1) is 0 Å². The van der Waals surface area contributed by atoms with Crippen LogP contribution < -0.4 is 15.5 Å². The quantitative estimate of drug-likeness (QED) is 0.241. The summed E-state index contributed by atoms with van der Waals surface area (Å²) in [7, 11) is 1.50.